The van der Waals surface area contributed by atoms with E-state index in [1.807, 2.05) is 0 Å². The lowest BCUT2D eigenvalue weighted by molar-refractivity contribution is 0.00591. The molecule has 0 amide bonds. The van der Waals surface area contributed by atoms with Gasteiger partial charge in [0, 0.05) is 31.0 Å². The van der Waals surface area contributed by atoms with Crippen LogP contribution >= 0.6 is 27.5 Å². The number of methoxy groups -OCH3 is 1. The zero-order valence-corrected chi connectivity index (χ0v) is 18.8. The zero-order chi connectivity index (χ0) is 20.8. The molecular weight excluding hydrogens is 482 g/mol. The van der Waals surface area contributed by atoms with Crippen molar-refractivity contribution in [3.8, 4) is 11.5 Å². The Kier molecular flexibility index (Phi) is 5.40. The van der Waals surface area contributed by atoms with E-state index in [-0.39, 0.29) is 30.2 Å². The quantitative estimate of drug-likeness (QED) is 0.628. The highest BCUT2D eigenvalue weighted by molar-refractivity contribution is 9.10. The summed E-state index contributed by atoms with van der Waals surface area (Å²) >= 11 is 9.32. The van der Waals surface area contributed by atoms with Crippen LogP contribution in [0.2, 0.25) is 5.02 Å². The molecule has 1 spiro atoms. The number of piperidine rings is 1. The second-order valence-corrected chi connectivity index (χ2v) is 10.5. The second kappa shape index (κ2) is 7.58. The van der Waals surface area contributed by atoms with E-state index in [0.717, 1.165) is 0 Å². The van der Waals surface area contributed by atoms with Gasteiger partial charge >= 0.3 is 0 Å². The second-order valence-electron chi connectivity index (χ2n) is 7.23. The molecular formula is C20H19BrClNO5S. The smallest absolute Gasteiger partial charge is 0.243 e. The van der Waals surface area contributed by atoms with Crippen molar-refractivity contribution in [2.24, 2.45) is 0 Å². The molecule has 2 heterocycles. The Morgan fingerprint density at radius 1 is 1.17 bits per heavy atom. The van der Waals surface area contributed by atoms with Crippen LogP contribution in [0.3, 0.4) is 0 Å². The standard InChI is InChI=1S/C20H19BrClNO5S/c1-27-19-5-3-14(11-16(19)21)29(25,26)23-8-6-20(7-9-23)12-17(24)15-10-13(22)2-4-18(15)28-20/h2-5,10-11H,6-9,12H2,1H3. The predicted molar refractivity (Wildman–Crippen MR) is 112 cm³/mol. The Morgan fingerprint density at radius 2 is 1.90 bits per heavy atom. The molecule has 0 saturated carbocycles. The first-order valence-electron chi connectivity index (χ1n) is 9.10. The van der Waals surface area contributed by atoms with Gasteiger partial charge < -0.3 is 9.47 Å². The molecule has 0 radical (unpaired) electrons. The molecule has 1 saturated heterocycles. The van der Waals surface area contributed by atoms with Crippen LogP contribution in [0.4, 0.5) is 0 Å². The molecule has 9 heteroatoms. The van der Waals surface area contributed by atoms with Crippen molar-refractivity contribution in [2.75, 3.05) is 20.2 Å². The lowest BCUT2D eigenvalue weighted by atomic mass is 9.83. The van der Waals surface area contributed by atoms with Gasteiger partial charge in [-0.1, -0.05) is 11.6 Å². The van der Waals surface area contributed by atoms with Crippen LogP contribution in [0.5, 0.6) is 11.5 Å². The fourth-order valence-electron chi connectivity index (χ4n) is 3.84. The summed E-state index contributed by atoms with van der Waals surface area (Å²) in [6.07, 6.45) is 1.11. The van der Waals surface area contributed by atoms with Gasteiger partial charge in [0.15, 0.2) is 5.78 Å². The highest BCUT2D eigenvalue weighted by Crippen LogP contribution is 2.41. The number of carbonyl (C=O) groups is 1. The number of rotatable bonds is 3. The molecule has 2 aliphatic rings. The molecule has 29 heavy (non-hydrogen) atoms. The molecule has 0 unspecified atom stereocenters. The Bertz CT molecular complexity index is 1080. The van der Waals surface area contributed by atoms with E-state index < -0.39 is 15.6 Å². The number of carbonyl (C=O) groups excluding carboxylic acids is 1. The van der Waals surface area contributed by atoms with Crippen LogP contribution in [-0.2, 0) is 10.0 Å². The summed E-state index contributed by atoms with van der Waals surface area (Å²) in [5.41, 5.74) is -0.189. The molecule has 4 rings (SSSR count). The highest BCUT2D eigenvalue weighted by atomic mass is 79.9. The fraction of sp³-hybridized carbons (Fsp3) is 0.350. The van der Waals surface area contributed by atoms with Gasteiger partial charge in [-0.05, 0) is 52.3 Å². The molecule has 0 bridgehead atoms. The number of benzene rings is 2. The first-order valence-corrected chi connectivity index (χ1v) is 11.7. The maximum Gasteiger partial charge on any atom is 0.243 e. The predicted octanol–water partition coefficient (Wildman–Crippen LogP) is 4.30. The topological polar surface area (TPSA) is 72.9 Å². The van der Waals surface area contributed by atoms with Gasteiger partial charge in [-0.15, -0.1) is 0 Å². The Hall–Kier alpha value is -1.61. The first kappa shape index (κ1) is 20.7. The molecule has 0 N–H and O–H groups in total. The summed E-state index contributed by atoms with van der Waals surface area (Å²) in [5, 5.41) is 0.489. The minimum atomic E-state index is -3.65. The monoisotopic (exact) mass is 499 g/mol. The Balaban J connectivity index is 1.53. The third-order valence-electron chi connectivity index (χ3n) is 5.45. The van der Waals surface area contributed by atoms with E-state index >= 15 is 0 Å². The van der Waals surface area contributed by atoms with Crippen LogP contribution in [0.15, 0.2) is 45.8 Å². The Morgan fingerprint density at radius 3 is 2.55 bits per heavy atom. The summed E-state index contributed by atoms with van der Waals surface area (Å²) in [6.45, 7) is 0.560. The highest BCUT2D eigenvalue weighted by Gasteiger charge is 2.45. The van der Waals surface area contributed by atoms with Crippen molar-refractivity contribution < 1.29 is 22.7 Å². The number of fused-ring (bicyclic) bond motifs is 1. The maximum absolute atomic E-state index is 13.1. The maximum atomic E-state index is 13.1. The Labute approximate surface area is 182 Å². The number of halogens is 2. The minimum absolute atomic E-state index is 0.0239. The van der Waals surface area contributed by atoms with E-state index in [4.69, 9.17) is 21.1 Å². The van der Waals surface area contributed by atoms with E-state index in [1.165, 1.54) is 17.5 Å². The van der Waals surface area contributed by atoms with Crippen molar-refractivity contribution in [1.82, 2.24) is 4.31 Å². The summed E-state index contributed by atoms with van der Waals surface area (Å²) in [6, 6.07) is 9.70. The van der Waals surface area contributed by atoms with Gasteiger partial charge in [0.05, 0.1) is 28.5 Å². The number of hydrogen-bond donors (Lipinski definition) is 0. The fourth-order valence-corrected chi connectivity index (χ4v) is 6.17. The summed E-state index contributed by atoms with van der Waals surface area (Å²) in [7, 11) is -2.13. The van der Waals surface area contributed by atoms with Gasteiger partial charge in [0.2, 0.25) is 10.0 Å². The van der Waals surface area contributed by atoms with Crippen LogP contribution in [0.1, 0.15) is 29.6 Å². The molecule has 2 aliphatic heterocycles. The van der Waals surface area contributed by atoms with Crippen molar-refractivity contribution in [1.29, 1.82) is 0 Å². The summed E-state index contributed by atoms with van der Waals surface area (Å²) < 4.78 is 39.5. The van der Waals surface area contributed by atoms with Crippen LogP contribution < -0.4 is 9.47 Å². The van der Waals surface area contributed by atoms with E-state index in [1.54, 1.807) is 30.3 Å². The van der Waals surface area contributed by atoms with E-state index in [0.29, 0.717) is 39.4 Å². The summed E-state index contributed by atoms with van der Waals surface area (Å²) in [5.74, 6) is 1.06. The molecule has 2 aromatic rings. The van der Waals surface area contributed by atoms with Crippen LogP contribution in [-0.4, -0.2) is 44.3 Å². The van der Waals surface area contributed by atoms with Crippen molar-refractivity contribution in [3.63, 3.8) is 0 Å². The molecule has 154 valence electrons. The molecule has 0 aromatic heterocycles. The molecule has 1 fully saturated rings. The summed E-state index contributed by atoms with van der Waals surface area (Å²) in [4.78, 5) is 12.8. The zero-order valence-electron chi connectivity index (χ0n) is 15.7. The van der Waals surface area contributed by atoms with Crippen LogP contribution in [0.25, 0.3) is 0 Å². The third-order valence-corrected chi connectivity index (χ3v) is 8.20. The van der Waals surface area contributed by atoms with E-state index in [2.05, 4.69) is 15.9 Å². The third kappa shape index (κ3) is 3.79. The number of ketones is 1. The molecule has 6 nitrogen and oxygen atoms in total. The number of ether oxygens (including phenoxy) is 2. The van der Waals surface area contributed by atoms with Gasteiger partial charge in [-0.3, -0.25) is 4.79 Å². The van der Waals surface area contributed by atoms with Crippen LogP contribution in [0, 0.1) is 0 Å². The number of nitrogens with zero attached hydrogens (tertiary/aromatic N) is 1. The van der Waals surface area contributed by atoms with Gasteiger partial charge in [0.1, 0.15) is 17.1 Å². The molecule has 2 aromatic carbocycles. The van der Waals surface area contributed by atoms with Gasteiger partial charge in [-0.25, -0.2) is 8.42 Å². The average Bonchev–Trinajstić information content (AvgIpc) is 2.69. The van der Waals surface area contributed by atoms with Crippen molar-refractivity contribution in [2.45, 2.75) is 29.8 Å². The number of hydrogen-bond acceptors (Lipinski definition) is 5. The lowest BCUT2D eigenvalue weighted by Crippen LogP contribution is -2.52. The number of Topliss-reactive ketones (excluding diaryl/α,β-unsaturated/α-hetero) is 1. The molecule has 0 aliphatic carbocycles. The van der Waals surface area contributed by atoms with Gasteiger partial charge in [0.25, 0.3) is 0 Å². The largest absolute Gasteiger partial charge is 0.496 e. The van der Waals surface area contributed by atoms with Gasteiger partial charge in [-0.2, -0.15) is 4.31 Å². The number of sulfonamides is 1. The normalized spacial score (nSPS) is 18.9. The van der Waals surface area contributed by atoms with E-state index in [9.17, 15) is 13.2 Å². The SMILES string of the molecule is COc1ccc(S(=O)(=O)N2CCC3(CC2)CC(=O)c2cc(Cl)ccc2O3)cc1Br. The van der Waals surface area contributed by atoms with Crippen molar-refractivity contribution in [3.05, 3.63) is 51.5 Å². The average molecular weight is 501 g/mol. The minimum Gasteiger partial charge on any atom is -0.496 e. The lowest BCUT2D eigenvalue weighted by Gasteiger charge is -2.43. The first-order chi connectivity index (χ1) is 13.7. The van der Waals surface area contributed by atoms with Crippen molar-refractivity contribution >= 4 is 43.3 Å². The molecule has 0 atom stereocenters.